The molecule has 8 heteroatoms. The first-order valence-electron chi connectivity index (χ1n) is 8.50. The molecule has 27 heavy (non-hydrogen) atoms. The molecule has 4 rings (SSSR count). The van der Waals surface area contributed by atoms with Gasteiger partial charge in [-0.15, -0.1) is 10.2 Å². The summed E-state index contributed by atoms with van der Waals surface area (Å²) < 4.78 is 18.7. The summed E-state index contributed by atoms with van der Waals surface area (Å²) >= 11 is 7.95. The van der Waals surface area contributed by atoms with Gasteiger partial charge in [-0.05, 0) is 29.8 Å². The van der Waals surface area contributed by atoms with E-state index < -0.39 is 0 Å². The molecule has 0 saturated heterocycles. The lowest BCUT2D eigenvalue weighted by atomic mass is 10.2. The molecule has 0 unspecified atom stereocenters. The summed E-state index contributed by atoms with van der Waals surface area (Å²) in [5.74, 6) is 2.79. The minimum atomic E-state index is 0.569. The normalized spacial score (nSPS) is 13.3. The average molecular weight is 404 g/mol. The number of ether oxygens (including phenoxy) is 3. The van der Waals surface area contributed by atoms with Gasteiger partial charge in [-0.25, -0.2) is 0 Å². The van der Waals surface area contributed by atoms with Crippen LogP contribution in [0.25, 0.3) is 5.69 Å². The molecule has 140 valence electrons. The molecule has 1 aliphatic heterocycles. The summed E-state index contributed by atoms with van der Waals surface area (Å²) in [5.41, 5.74) is 1.98. The third-order valence-electron chi connectivity index (χ3n) is 4.08. The van der Waals surface area contributed by atoms with Gasteiger partial charge >= 0.3 is 0 Å². The molecule has 1 aromatic heterocycles. The smallest absolute Gasteiger partial charge is 0.195 e. The topological polar surface area (TPSA) is 58.4 Å². The molecule has 0 amide bonds. The number of aromatic nitrogens is 3. The van der Waals surface area contributed by atoms with Gasteiger partial charge in [-0.3, -0.25) is 4.57 Å². The van der Waals surface area contributed by atoms with Gasteiger partial charge in [0.05, 0.1) is 31.0 Å². The van der Waals surface area contributed by atoms with E-state index in [1.54, 1.807) is 25.2 Å². The van der Waals surface area contributed by atoms with Crippen molar-refractivity contribution in [3.8, 4) is 22.9 Å². The van der Waals surface area contributed by atoms with Crippen molar-refractivity contribution < 1.29 is 14.2 Å². The largest absolute Gasteiger partial charge is 0.497 e. The molecular weight excluding hydrogens is 386 g/mol. The van der Waals surface area contributed by atoms with Gasteiger partial charge in [-0.2, -0.15) is 0 Å². The standard InChI is InChI=1S/C19H18ClN3O3S/c1-24-15-5-2-4-14(10-15)23-12-21-22-19(23)27-11-13-8-16(20)18-17(9-13)25-6-3-7-26-18/h2,4-5,8-10,12H,3,6-7,11H2,1H3. The maximum atomic E-state index is 6.38. The lowest BCUT2D eigenvalue weighted by Crippen LogP contribution is -1.97. The fourth-order valence-electron chi connectivity index (χ4n) is 2.78. The van der Waals surface area contributed by atoms with Crippen LogP contribution in [0.5, 0.6) is 17.2 Å². The van der Waals surface area contributed by atoms with E-state index in [2.05, 4.69) is 10.2 Å². The van der Waals surface area contributed by atoms with E-state index in [1.165, 1.54) is 0 Å². The lowest BCUT2D eigenvalue weighted by Gasteiger charge is -2.12. The zero-order valence-corrected chi connectivity index (χ0v) is 16.3. The van der Waals surface area contributed by atoms with Crippen LogP contribution in [0, 0.1) is 0 Å². The summed E-state index contributed by atoms with van der Waals surface area (Å²) in [7, 11) is 1.65. The molecule has 1 aliphatic rings. The molecular formula is C19H18ClN3O3S. The molecule has 2 heterocycles. The first-order chi connectivity index (χ1) is 13.2. The Bertz CT molecular complexity index is 948. The second-order valence-corrected chi connectivity index (χ2v) is 7.28. The molecule has 0 fully saturated rings. The first-order valence-corrected chi connectivity index (χ1v) is 9.86. The van der Waals surface area contributed by atoms with Crippen molar-refractivity contribution in [2.24, 2.45) is 0 Å². The monoisotopic (exact) mass is 403 g/mol. The summed E-state index contributed by atoms with van der Waals surface area (Å²) in [6.45, 7) is 1.24. The highest BCUT2D eigenvalue weighted by molar-refractivity contribution is 7.98. The van der Waals surface area contributed by atoms with E-state index in [0.717, 1.165) is 28.6 Å². The Morgan fingerprint density at radius 1 is 1.22 bits per heavy atom. The predicted molar refractivity (Wildman–Crippen MR) is 105 cm³/mol. The number of thioether (sulfide) groups is 1. The average Bonchev–Trinajstić information content (AvgIpc) is 3.03. The molecule has 0 bridgehead atoms. The molecule has 0 atom stereocenters. The Kier molecular flexibility index (Phi) is 5.40. The third kappa shape index (κ3) is 3.99. The van der Waals surface area contributed by atoms with Crippen LogP contribution >= 0.6 is 23.4 Å². The van der Waals surface area contributed by atoms with Gasteiger partial charge in [0.15, 0.2) is 16.7 Å². The van der Waals surface area contributed by atoms with Crippen molar-refractivity contribution >= 4 is 23.4 Å². The van der Waals surface area contributed by atoms with Crippen LogP contribution in [-0.2, 0) is 5.75 Å². The fourth-order valence-corrected chi connectivity index (χ4v) is 3.92. The first kappa shape index (κ1) is 18.0. The highest BCUT2D eigenvalue weighted by Gasteiger charge is 2.16. The fraction of sp³-hybridized carbons (Fsp3) is 0.263. The number of nitrogens with zero attached hydrogens (tertiary/aromatic N) is 3. The maximum Gasteiger partial charge on any atom is 0.195 e. The van der Waals surface area contributed by atoms with Crippen molar-refractivity contribution in [1.82, 2.24) is 14.8 Å². The molecule has 2 aromatic carbocycles. The van der Waals surface area contributed by atoms with Crippen molar-refractivity contribution in [2.45, 2.75) is 17.3 Å². The van der Waals surface area contributed by atoms with Gasteiger partial charge in [-0.1, -0.05) is 29.4 Å². The van der Waals surface area contributed by atoms with Gasteiger partial charge in [0.1, 0.15) is 12.1 Å². The minimum Gasteiger partial charge on any atom is -0.497 e. The lowest BCUT2D eigenvalue weighted by molar-refractivity contribution is 0.297. The van der Waals surface area contributed by atoms with Crippen molar-refractivity contribution in [3.05, 3.63) is 53.3 Å². The minimum absolute atomic E-state index is 0.569. The number of benzene rings is 2. The summed E-state index contributed by atoms with van der Waals surface area (Å²) in [6, 6.07) is 11.7. The molecule has 0 spiro atoms. The van der Waals surface area contributed by atoms with Gasteiger partial charge in [0.25, 0.3) is 0 Å². The highest BCUT2D eigenvalue weighted by Crippen LogP contribution is 2.39. The van der Waals surface area contributed by atoms with E-state index in [4.69, 9.17) is 25.8 Å². The number of hydrogen-bond acceptors (Lipinski definition) is 6. The molecule has 0 saturated carbocycles. The molecule has 3 aromatic rings. The van der Waals surface area contributed by atoms with Crippen LogP contribution in [0.15, 0.2) is 47.9 Å². The SMILES string of the molecule is COc1cccc(-n2cnnc2SCc2cc(Cl)c3c(c2)OCCCO3)c1. The Morgan fingerprint density at radius 2 is 2.11 bits per heavy atom. The van der Waals surface area contributed by atoms with E-state index in [1.807, 2.05) is 41.0 Å². The predicted octanol–water partition coefficient (Wildman–Crippen LogP) is 4.38. The van der Waals surface area contributed by atoms with Crippen LogP contribution in [0.1, 0.15) is 12.0 Å². The molecule has 6 nitrogen and oxygen atoms in total. The summed E-state index contributed by atoms with van der Waals surface area (Å²) in [6.07, 6.45) is 2.54. The Hall–Kier alpha value is -2.38. The highest BCUT2D eigenvalue weighted by atomic mass is 35.5. The van der Waals surface area contributed by atoms with E-state index in [9.17, 15) is 0 Å². The summed E-state index contributed by atoms with van der Waals surface area (Å²) in [5, 5.41) is 9.63. The zero-order valence-electron chi connectivity index (χ0n) is 14.7. The molecule has 0 N–H and O–H groups in total. The zero-order chi connectivity index (χ0) is 18.6. The van der Waals surface area contributed by atoms with Gasteiger partial charge < -0.3 is 14.2 Å². The second-order valence-electron chi connectivity index (χ2n) is 5.93. The number of halogens is 1. The quantitative estimate of drug-likeness (QED) is 0.589. The van der Waals surface area contributed by atoms with Crippen molar-refractivity contribution in [3.63, 3.8) is 0 Å². The van der Waals surface area contributed by atoms with Gasteiger partial charge in [0.2, 0.25) is 0 Å². The summed E-state index contributed by atoms with van der Waals surface area (Å²) in [4.78, 5) is 0. The number of fused-ring (bicyclic) bond motifs is 1. The van der Waals surface area contributed by atoms with Crippen molar-refractivity contribution in [2.75, 3.05) is 20.3 Å². The van der Waals surface area contributed by atoms with E-state index in [0.29, 0.717) is 35.5 Å². The Morgan fingerprint density at radius 3 is 3.00 bits per heavy atom. The number of methoxy groups -OCH3 is 1. The van der Waals surface area contributed by atoms with Crippen LogP contribution in [0.2, 0.25) is 5.02 Å². The van der Waals surface area contributed by atoms with E-state index in [-0.39, 0.29) is 0 Å². The van der Waals surface area contributed by atoms with E-state index >= 15 is 0 Å². The number of hydrogen-bond donors (Lipinski definition) is 0. The molecule has 0 radical (unpaired) electrons. The number of rotatable bonds is 5. The Labute approximate surface area is 166 Å². The van der Waals surface area contributed by atoms with Crippen LogP contribution in [-0.4, -0.2) is 35.1 Å². The van der Waals surface area contributed by atoms with Gasteiger partial charge in [0, 0.05) is 18.2 Å². The third-order valence-corrected chi connectivity index (χ3v) is 5.37. The Balaban J connectivity index is 1.54. The van der Waals surface area contributed by atoms with Crippen LogP contribution in [0.3, 0.4) is 0 Å². The van der Waals surface area contributed by atoms with Crippen molar-refractivity contribution in [1.29, 1.82) is 0 Å². The molecule has 0 aliphatic carbocycles. The van der Waals surface area contributed by atoms with Crippen LogP contribution < -0.4 is 14.2 Å². The van der Waals surface area contributed by atoms with Crippen LogP contribution in [0.4, 0.5) is 0 Å². The second kappa shape index (κ2) is 8.10. The maximum absolute atomic E-state index is 6.38.